The van der Waals surface area contributed by atoms with Gasteiger partial charge in [-0.25, -0.2) is 14.4 Å². The molecule has 0 radical (unpaired) electrons. The minimum absolute atomic E-state index is 0.0265. The Morgan fingerprint density at radius 3 is 2.55 bits per heavy atom. The van der Waals surface area contributed by atoms with Gasteiger partial charge < -0.3 is 38.6 Å². The molecule has 44 heavy (non-hydrogen) atoms. The molecule has 4 bridgehead atoms. The molecule has 7 rings (SSSR count). The number of hydrogen-bond donors (Lipinski definition) is 2. The van der Waals surface area contributed by atoms with Crippen molar-refractivity contribution in [2.75, 3.05) is 20.3 Å². The molecular formula is C32H38O12. The topological polar surface area (TPSA) is 164 Å². The van der Waals surface area contributed by atoms with Crippen molar-refractivity contribution in [3.8, 4) is 0 Å². The summed E-state index contributed by atoms with van der Waals surface area (Å²) in [5, 5.41) is 22.8. The fourth-order valence-electron chi connectivity index (χ4n) is 7.90. The summed E-state index contributed by atoms with van der Waals surface area (Å²) in [6, 6.07) is 0. The molecule has 0 unspecified atom stereocenters. The number of aliphatic hydroxyl groups is 2. The highest BCUT2D eigenvalue weighted by Gasteiger charge is 2.64. The van der Waals surface area contributed by atoms with E-state index in [1.807, 2.05) is 26.0 Å². The smallest absolute Gasteiger partial charge is 0.346 e. The molecule has 2 saturated heterocycles. The number of aliphatic hydroxyl groups excluding tert-OH is 2. The number of carbonyl (C=O) groups excluding carboxylic acids is 4. The zero-order valence-electron chi connectivity index (χ0n) is 24.9. The van der Waals surface area contributed by atoms with Gasteiger partial charge in [-0.15, -0.1) is 0 Å². The number of allylic oxidation sites excluding steroid dienone is 1. The largest absolute Gasteiger partial charge is 0.498 e. The van der Waals surface area contributed by atoms with E-state index in [9.17, 15) is 29.4 Å². The second kappa shape index (κ2) is 11.9. The summed E-state index contributed by atoms with van der Waals surface area (Å²) in [5.41, 5.74) is -0.212. The summed E-state index contributed by atoms with van der Waals surface area (Å²) in [5.74, 6) is -4.51. The predicted molar refractivity (Wildman–Crippen MR) is 149 cm³/mol. The van der Waals surface area contributed by atoms with Crippen LogP contribution in [0.15, 0.2) is 47.3 Å². The van der Waals surface area contributed by atoms with E-state index in [1.165, 1.54) is 13.2 Å². The summed E-state index contributed by atoms with van der Waals surface area (Å²) in [4.78, 5) is 50.8. The lowest BCUT2D eigenvalue weighted by Gasteiger charge is -2.64. The second-order valence-corrected chi connectivity index (χ2v) is 12.5. The lowest BCUT2D eigenvalue weighted by Crippen LogP contribution is -2.69. The number of cyclic esters (lactones) is 3. The zero-order chi connectivity index (χ0) is 31.3. The fourth-order valence-corrected chi connectivity index (χ4v) is 7.90. The highest BCUT2D eigenvalue weighted by molar-refractivity contribution is 6.14. The lowest BCUT2D eigenvalue weighted by atomic mass is 9.52. The minimum Gasteiger partial charge on any atom is -0.498 e. The van der Waals surface area contributed by atoms with Gasteiger partial charge in [0.1, 0.15) is 31.0 Å². The van der Waals surface area contributed by atoms with E-state index in [4.69, 9.17) is 23.7 Å². The number of rotatable bonds is 1. The molecule has 3 fully saturated rings. The lowest BCUT2D eigenvalue weighted by molar-refractivity contribution is -0.276. The van der Waals surface area contributed by atoms with Crippen LogP contribution in [0, 0.1) is 29.6 Å². The van der Waals surface area contributed by atoms with Crippen LogP contribution >= 0.6 is 0 Å². The van der Waals surface area contributed by atoms with Gasteiger partial charge in [0.2, 0.25) is 0 Å². The van der Waals surface area contributed by atoms with Crippen LogP contribution in [-0.2, 0) is 47.6 Å². The van der Waals surface area contributed by atoms with Crippen LogP contribution < -0.4 is 0 Å². The van der Waals surface area contributed by atoms with Gasteiger partial charge in [0.15, 0.2) is 6.10 Å². The van der Waals surface area contributed by atoms with E-state index in [1.54, 1.807) is 0 Å². The quantitative estimate of drug-likeness (QED) is 0.189. The van der Waals surface area contributed by atoms with E-state index >= 15 is 0 Å². The van der Waals surface area contributed by atoms with E-state index in [0.717, 1.165) is 18.3 Å². The van der Waals surface area contributed by atoms with Crippen molar-refractivity contribution < 1.29 is 57.8 Å². The molecule has 0 amide bonds. The van der Waals surface area contributed by atoms with Crippen molar-refractivity contribution in [2.24, 2.45) is 29.6 Å². The van der Waals surface area contributed by atoms with Crippen LogP contribution in [-0.4, -0.2) is 90.5 Å². The van der Waals surface area contributed by atoms with Gasteiger partial charge in [0, 0.05) is 31.3 Å². The number of fused-ring (bicyclic) bond motifs is 2. The molecule has 7 aliphatic rings. The molecule has 12 nitrogen and oxygen atoms in total. The van der Waals surface area contributed by atoms with Gasteiger partial charge >= 0.3 is 23.9 Å². The predicted octanol–water partition coefficient (Wildman–Crippen LogP) is 1.44. The standard InChI is InChI=1S/C32H38O12/c1-15-10-18-13-41-25(34)7-6-20-21(30(37)43-29(20)36)8-9-40-14-22(33)28(18)42-31(38)24(39-3)12-19-5-4-17-11-23-16(2)27(35)26(17)32(15,19)44-23/h4-5,8-10,16-19,22-24,26-28,33,35H,6-7,11-14H2,1-3H3/b9-8+,15-10+/t16-,17+,18-,19+,22+,23-,24-,26-,27+,28-,32-/m0/s1. The Morgan fingerprint density at radius 1 is 1.00 bits per heavy atom. The molecule has 5 aliphatic heterocycles. The van der Waals surface area contributed by atoms with Crippen LogP contribution in [0.5, 0.6) is 0 Å². The summed E-state index contributed by atoms with van der Waals surface area (Å²) < 4.78 is 34.2. The first-order valence-corrected chi connectivity index (χ1v) is 15.1. The van der Waals surface area contributed by atoms with Crippen molar-refractivity contribution in [3.63, 3.8) is 0 Å². The molecule has 12 heteroatoms. The van der Waals surface area contributed by atoms with Gasteiger partial charge in [0.05, 0.1) is 35.5 Å². The third-order valence-electron chi connectivity index (χ3n) is 10.2. The Labute approximate surface area is 254 Å². The van der Waals surface area contributed by atoms with Crippen molar-refractivity contribution in [2.45, 2.75) is 75.7 Å². The Balaban J connectivity index is 1.39. The fraction of sp³-hybridized carbons (Fsp3) is 0.625. The molecule has 238 valence electrons. The number of ether oxygens (including phenoxy) is 6. The van der Waals surface area contributed by atoms with Crippen molar-refractivity contribution in [3.05, 3.63) is 47.3 Å². The number of methoxy groups -OCH3 is 1. The van der Waals surface area contributed by atoms with Crippen molar-refractivity contribution in [1.82, 2.24) is 0 Å². The van der Waals surface area contributed by atoms with E-state index in [0.29, 0.717) is 0 Å². The maximum Gasteiger partial charge on any atom is 0.346 e. The maximum absolute atomic E-state index is 13.6. The SMILES string of the molecule is CO[C@H]1C[C@H]2C=C[C@@H]3C[C@@H]4O[C@]2(/C(C)=C/[C@H]2COC(=O)CCC5=C(/C=C/OC[C@@H](O)[C@H]2OC1=O)C(=O)OC5=O)[C@@H]3[C@H](O)[C@H]4C. The number of carbonyl (C=O) groups is 4. The number of esters is 4. The van der Waals surface area contributed by atoms with Crippen molar-refractivity contribution >= 4 is 23.9 Å². The Kier molecular flexibility index (Phi) is 8.29. The van der Waals surface area contributed by atoms with Gasteiger partial charge in [0.25, 0.3) is 0 Å². The van der Waals surface area contributed by atoms with Gasteiger partial charge in [-0.05, 0) is 43.8 Å². The Hall–Kier alpha value is -3.32. The molecule has 11 atom stereocenters. The molecule has 2 N–H and O–H groups in total. The summed E-state index contributed by atoms with van der Waals surface area (Å²) in [6.07, 6.45) is 4.57. The van der Waals surface area contributed by atoms with Crippen LogP contribution in [0.1, 0.15) is 39.5 Å². The summed E-state index contributed by atoms with van der Waals surface area (Å²) in [7, 11) is 1.41. The van der Waals surface area contributed by atoms with E-state index < -0.39 is 59.8 Å². The minimum atomic E-state index is -1.40. The van der Waals surface area contributed by atoms with E-state index in [-0.39, 0.29) is 73.4 Å². The maximum atomic E-state index is 13.6. The van der Waals surface area contributed by atoms with E-state index in [2.05, 4.69) is 10.8 Å². The molecule has 1 spiro atoms. The van der Waals surface area contributed by atoms with Gasteiger partial charge in [-0.1, -0.05) is 25.2 Å². The average molecular weight is 615 g/mol. The summed E-state index contributed by atoms with van der Waals surface area (Å²) in [6.45, 7) is 3.25. The first-order chi connectivity index (χ1) is 21.0. The molecular weight excluding hydrogens is 576 g/mol. The Bertz CT molecular complexity index is 1340. The van der Waals surface area contributed by atoms with Crippen molar-refractivity contribution in [1.29, 1.82) is 0 Å². The Morgan fingerprint density at radius 2 is 1.80 bits per heavy atom. The monoisotopic (exact) mass is 614 g/mol. The van der Waals surface area contributed by atoms with Crippen LogP contribution in [0.25, 0.3) is 0 Å². The highest BCUT2D eigenvalue weighted by Crippen LogP contribution is 2.59. The van der Waals surface area contributed by atoms with Crippen LogP contribution in [0.2, 0.25) is 0 Å². The normalized spacial score (nSPS) is 44.4. The molecule has 1 saturated carbocycles. The average Bonchev–Trinajstić information content (AvgIpc) is 3.26. The zero-order valence-corrected chi connectivity index (χ0v) is 24.9. The number of hydrogen-bond acceptors (Lipinski definition) is 12. The summed E-state index contributed by atoms with van der Waals surface area (Å²) >= 11 is 0. The molecule has 0 aromatic heterocycles. The third kappa shape index (κ3) is 5.11. The second-order valence-electron chi connectivity index (χ2n) is 12.5. The first kappa shape index (κ1) is 30.7. The highest BCUT2D eigenvalue weighted by atomic mass is 16.6. The van der Waals surface area contributed by atoms with Gasteiger partial charge in [-0.3, -0.25) is 4.79 Å². The molecule has 2 aliphatic carbocycles. The van der Waals surface area contributed by atoms with Crippen LogP contribution in [0.3, 0.4) is 0 Å². The molecule has 5 heterocycles. The molecule has 0 aromatic rings. The van der Waals surface area contributed by atoms with Gasteiger partial charge in [-0.2, -0.15) is 0 Å². The first-order valence-electron chi connectivity index (χ1n) is 15.1. The molecule has 0 aromatic carbocycles. The third-order valence-corrected chi connectivity index (χ3v) is 10.2. The van der Waals surface area contributed by atoms with Crippen LogP contribution in [0.4, 0.5) is 0 Å².